The van der Waals surface area contributed by atoms with Crippen LogP contribution >= 0.6 is 0 Å². The van der Waals surface area contributed by atoms with E-state index in [-0.39, 0.29) is 5.57 Å². The molecule has 0 saturated carbocycles. The molecule has 2 rings (SSSR count). The summed E-state index contributed by atoms with van der Waals surface area (Å²) in [6.45, 7) is 3.55. The summed E-state index contributed by atoms with van der Waals surface area (Å²) in [5.74, 6) is -5.09. The van der Waals surface area contributed by atoms with Gasteiger partial charge in [-0.3, -0.25) is 9.59 Å². The van der Waals surface area contributed by atoms with Gasteiger partial charge in [0.25, 0.3) is 0 Å². The van der Waals surface area contributed by atoms with Gasteiger partial charge < -0.3 is 14.9 Å². The monoisotopic (exact) mass is 382 g/mol. The Hall–Kier alpha value is -3.41. The number of carbonyl (C=O) groups excluding carboxylic acids is 1. The third-order valence-electron chi connectivity index (χ3n) is 4.27. The molecular weight excluding hydrogens is 360 g/mol. The molecule has 0 bridgehead atoms. The first kappa shape index (κ1) is 20.9. The summed E-state index contributed by atoms with van der Waals surface area (Å²) in [4.78, 5) is 35.6. The molecule has 2 aromatic rings. The molecule has 0 saturated heterocycles. The van der Waals surface area contributed by atoms with Gasteiger partial charge in [0, 0.05) is 0 Å². The fourth-order valence-electron chi connectivity index (χ4n) is 2.69. The van der Waals surface area contributed by atoms with E-state index in [0.29, 0.717) is 5.56 Å². The van der Waals surface area contributed by atoms with E-state index in [9.17, 15) is 24.6 Å². The van der Waals surface area contributed by atoms with E-state index in [2.05, 4.69) is 0 Å². The summed E-state index contributed by atoms with van der Waals surface area (Å²) < 4.78 is 5.29. The number of carboxylic acid groups (broad SMARTS) is 2. The quantitative estimate of drug-likeness (QED) is 0.531. The van der Waals surface area contributed by atoms with Crippen molar-refractivity contribution in [3.8, 4) is 0 Å². The minimum atomic E-state index is -1.52. The summed E-state index contributed by atoms with van der Waals surface area (Å²) in [5, 5.41) is 19.0. The number of benzene rings is 2. The third kappa shape index (κ3) is 5.81. The Labute approximate surface area is 163 Å². The number of aryl methyl sites for hydroxylation is 1. The maximum absolute atomic E-state index is 12.3. The van der Waals surface area contributed by atoms with E-state index < -0.39 is 36.4 Å². The van der Waals surface area contributed by atoms with Gasteiger partial charge in [0.2, 0.25) is 0 Å². The SMILES string of the molecule is Cc1ccc(C=C(C(=O)O)C(CC(=O)OC(C)c2ccccc2)C(=O)O)cc1. The maximum Gasteiger partial charge on any atom is 0.332 e. The van der Waals surface area contributed by atoms with Crippen molar-refractivity contribution in [2.45, 2.75) is 26.4 Å². The van der Waals surface area contributed by atoms with Crippen LogP contribution in [0.4, 0.5) is 0 Å². The van der Waals surface area contributed by atoms with Crippen LogP contribution in [0.1, 0.15) is 36.1 Å². The zero-order valence-corrected chi connectivity index (χ0v) is 15.7. The van der Waals surface area contributed by atoms with Crippen molar-refractivity contribution in [1.82, 2.24) is 0 Å². The van der Waals surface area contributed by atoms with Crippen molar-refractivity contribution in [2.24, 2.45) is 5.92 Å². The largest absolute Gasteiger partial charge is 0.481 e. The van der Waals surface area contributed by atoms with Crippen LogP contribution in [0.2, 0.25) is 0 Å². The third-order valence-corrected chi connectivity index (χ3v) is 4.27. The summed E-state index contributed by atoms with van der Waals surface area (Å²) >= 11 is 0. The van der Waals surface area contributed by atoms with Crippen LogP contribution in [-0.4, -0.2) is 28.1 Å². The highest BCUT2D eigenvalue weighted by Gasteiger charge is 2.31. The smallest absolute Gasteiger partial charge is 0.332 e. The number of hydrogen-bond acceptors (Lipinski definition) is 4. The second-order valence-corrected chi connectivity index (χ2v) is 6.45. The highest BCUT2D eigenvalue weighted by atomic mass is 16.5. The zero-order chi connectivity index (χ0) is 20.7. The number of hydrogen-bond donors (Lipinski definition) is 2. The van der Waals surface area contributed by atoms with E-state index in [0.717, 1.165) is 11.1 Å². The first-order chi connectivity index (χ1) is 13.3. The lowest BCUT2D eigenvalue weighted by Crippen LogP contribution is -2.25. The molecule has 6 heteroatoms. The van der Waals surface area contributed by atoms with Crippen LogP contribution < -0.4 is 0 Å². The molecule has 2 atom stereocenters. The predicted octanol–water partition coefficient (Wildman–Crippen LogP) is 3.86. The summed E-state index contributed by atoms with van der Waals surface area (Å²) in [6.07, 6.45) is 0.128. The van der Waals surface area contributed by atoms with E-state index >= 15 is 0 Å². The molecule has 0 radical (unpaired) electrons. The van der Waals surface area contributed by atoms with Gasteiger partial charge in [-0.15, -0.1) is 0 Å². The summed E-state index contributed by atoms with van der Waals surface area (Å²) in [7, 11) is 0. The molecule has 0 aliphatic rings. The molecule has 0 aromatic heterocycles. The van der Waals surface area contributed by atoms with Gasteiger partial charge in [-0.05, 0) is 31.1 Å². The topological polar surface area (TPSA) is 101 Å². The maximum atomic E-state index is 12.3. The van der Waals surface area contributed by atoms with Gasteiger partial charge in [0.15, 0.2) is 0 Å². The first-order valence-electron chi connectivity index (χ1n) is 8.76. The lowest BCUT2D eigenvalue weighted by Gasteiger charge is -2.17. The fourth-order valence-corrected chi connectivity index (χ4v) is 2.69. The molecule has 2 unspecified atom stereocenters. The fraction of sp³-hybridized carbons (Fsp3) is 0.227. The average molecular weight is 382 g/mol. The van der Waals surface area contributed by atoms with Gasteiger partial charge in [-0.25, -0.2) is 4.79 Å². The summed E-state index contributed by atoms with van der Waals surface area (Å²) in [6, 6.07) is 15.9. The highest BCUT2D eigenvalue weighted by molar-refractivity contribution is 5.99. The lowest BCUT2D eigenvalue weighted by molar-refractivity contribution is -0.154. The van der Waals surface area contributed by atoms with Crippen LogP contribution in [0.15, 0.2) is 60.2 Å². The van der Waals surface area contributed by atoms with Gasteiger partial charge in [-0.1, -0.05) is 60.2 Å². The van der Waals surface area contributed by atoms with Crippen LogP contribution in [-0.2, 0) is 19.1 Å². The zero-order valence-electron chi connectivity index (χ0n) is 15.7. The molecule has 6 nitrogen and oxygen atoms in total. The minimum absolute atomic E-state index is 0.374. The highest BCUT2D eigenvalue weighted by Crippen LogP contribution is 2.23. The van der Waals surface area contributed by atoms with E-state index in [1.54, 1.807) is 55.5 Å². The number of ether oxygens (including phenoxy) is 1. The number of carbonyl (C=O) groups is 3. The molecular formula is C22H22O6. The molecule has 2 N–H and O–H groups in total. The molecule has 0 spiro atoms. The van der Waals surface area contributed by atoms with Crippen LogP contribution in [0.5, 0.6) is 0 Å². The van der Waals surface area contributed by atoms with Crippen LogP contribution in [0.3, 0.4) is 0 Å². The normalized spacial score (nSPS) is 13.4. The van der Waals surface area contributed by atoms with Crippen molar-refractivity contribution < 1.29 is 29.3 Å². The number of esters is 1. The van der Waals surface area contributed by atoms with Gasteiger partial charge in [-0.2, -0.15) is 0 Å². The Morgan fingerprint density at radius 2 is 1.61 bits per heavy atom. The van der Waals surface area contributed by atoms with Crippen molar-refractivity contribution in [3.05, 3.63) is 76.9 Å². The molecule has 0 fully saturated rings. The molecule has 0 amide bonds. The molecule has 28 heavy (non-hydrogen) atoms. The average Bonchev–Trinajstić information content (AvgIpc) is 2.66. The van der Waals surface area contributed by atoms with E-state index in [4.69, 9.17) is 4.74 Å². The van der Waals surface area contributed by atoms with Crippen LogP contribution in [0, 0.1) is 12.8 Å². The van der Waals surface area contributed by atoms with Gasteiger partial charge in [0.05, 0.1) is 17.9 Å². The van der Waals surface area contributed by atoms with Gasteiger partial charge >= 0.3 is 17.9 Å². The Morgan fingerprint density at radius 1 is 1.00 bits per heavy atom. The molecule has 0 aliphatic heterocycles. The minimum Gasteiger partial charge on any atom is -0.481 e. The second kappa shape index (κ2) is 9.50. The van der Waals surface area contributed by atoms with Crippen molar-refractivity contribution in [2.75, 3.05) is 0 Å². The first-order valence-corrected chi connectivity index (χ1v) is 8.76. The number of aliphatic carboxylic acids is 2. The Balaban J connectivity index is 2.19. The number of carboxylic acids is 2. The van der Waals surface area contributed by atoms with E-state index in [1.165, 1.54) is 6.08 Å². The molecule has 0 aliphatic carbocycles. The van der Waals surface area contributed by atoms with Crippen LogP contribution in [0.25, 0.3) is 6.08 Å². The Morgan fingerprint density at radius 3 is 2.14 bits per heavy atom. The van der Waals surface area contributed by atoms with Gasteiger partial charge in [0.1, 0.15) is 6.10 Å². The van der Waals surface area contributed by atoms with Crippen molar-refractivity contribution in [1.29, 1.82) is 0 Å². The molecule has 146 valence electrons. The molecule has 0 heterocycles. The summed E-state index contributed by atoms with van der Waals surface area (Å²) in [5.41, 5.74) is 1.92. The number of rotatable bonds is 8. The molecule has 2 aromatic carbocycles. The standard InChI is InChI=1S/C22H22O6/c1-14-8-10-16(11-9-14)12-18(21(24)25)19(22(26)27)13-20(23)28-15(2)17-6-4-3-5-7-17/h3-12,15,19H,13H2,1-2H3,(H,24,25)(H,26,27). The van der Waals surface area contributed by atoms with E-state index in [1.807, 2.05) is 13.0 Å². The van der Waals surface area contributed by atoms with Crippen molar-refractivity contribution >= 4 is 24.0 Å². The predicted molar refractivity (Wildman–Crippen MR) is 103 cm³/mol. The Bertz CT molecular complexity index is 868. The Kier molecular flexibility index (Phi) is 7.09. The van der Waals surface area contributed by atoms with Crippen molar-refractivity contribution in [3.63, 3.8) is 0 Å². The second-order valence-electron chi connectivity index (χ2n) is 6.45. The lowest BCUT2D eigenvalue weighted by atomic mass is 9.93.